The van der Waals surface area contributed by atoms with Gasteiger partial charge in [-0.15, -0.1) is 0 Å². The first-order valence-corrected chi connectivity index (χ1v) is 8.27. The van der Waals surface area contributed by atoms with Crippen LogP contribution in [0.5, 0.6) is 0 Å². The van der Waals surface area contributed by atoms with Crippen LogP contribution >= 0.6 is 0 Å². The smallest absolute Gasteiger partial charge is 0.309 e. The van der Waals surface area contributed by atoms with E-state index in [4.69, 9.17) is 5.11 Å². The SMILES string of the molecule is CC.O=C(O)C1CN(Cc2ccc(Cc3ccccc3)cc2)C1. The van der Waals surface area contributed by atoms with Gasteiger partial charge < -0.3 is 5.11 Å². The molecule has 1 fully saturated rings. The number of carboxylic acid groups (broad SMARTS) is 1. The van der Waals surface area contributed by atoms with Crippen LogP contribution in [0.1, 0.15) is 30.5 Å². The van der Waals surface area contributed by atoms with Crippen LogP contribution in [0.4, 0.5) is 0 Å². The zero-order valence-corrected chi connectivity index (χ0v) is 13.9. The Hall–Kier alpha value is -2.13. The lowest BCUT2D eigenvalue weighted by Gasteiger charge is -2.36. The Balaban J connectivity index is 0.000000924. The molecule has 0 saturated carbocycles. The van der Waals surface area contributed by atoms with Gasteiger partial charge in [0.05, 0.1) is 5.92 Å². The lowest BCUT2D eigenvalue weighted by molar-refractivity contribution is -0.147. The van der Waals surface area contributed by atoms with Gasteiger partial charge in [0.25, 0.3) is 0 Å². The number of aliphatic carboxylic acids is 1. The summed E-state index contributed by atoms with van der Waals surface area (Å²) in [6.07, 6.45) is 0.950. The van der Waals surface area contributed by atoms with Crippen molar-refractivity contribution >= 4 is 5.97 Å². The Kier molecular flexibility index (Phi) is 6.36. The standard InChI is InChI=1S/C18H19NO2.C2H6/c20-18(21)17-12-19(13-17)11-16-8-6-15(7-9-16)10-14-4-2-1-3-5-14;1-2/h1-9,17H,10-13H2,(H,20,21);1-2H3. The summed E-state index contributed by atoms with van der Waals surface area (Å²) >= 11 is 0. The predicted octanol–water partition coefficient (Wildman–Crippen LogP) is 3.82. The van der Waals surface area contributed by atoms with Gasteiger partial charge in [0, 0.05) is 19.6 Å². The molecule has 0 aromatic heterocycles. The molecular formula is C20H25NO2. The predicted molar refractivity (Wildman–Crippen MR) is 93.4 cm³/mol. The maximum atomic E-state index is 10.8. The first-order valence-electron chi connectivity index (χ1n) is 8.27. The quantitative estimate of drug-likeness (QED) is 0.912. The number of hydrogen-bond donors (Lipinski definition) is 1. The minimum atomic E-state index is -0.676. The van der Waals surface area contributed by atoms with E-state index in [0.717, 1.165) is 13.0 Å². The third kappa shape index (κ3) is 4.93. The zero-order valence-electron chi connectivity index (χ0n) is 13.9. The van der Waals surface area contributed by atoms with Gasteiger partial charge in [-0.3, -0.25) is 9.69 Å². The molecule has 0 bridgehead atoms. The van der Waals surface area contributed by atoms with E-state index in [1.165, 1.54) is 16.7 Å². The molecule has 3 nitrogen and oxygen atoms in total. The molecule has 0 radical (unpaired) electrons. The molecule has 3 rings (SSSR count). The Morgan fingerprint density at radius 1 is 0.957 bits per heavy atom. The van der Waals surface area contributed by atoms with Crippen molar-refractivity contribution < 1.29 is 9.90 Å². The highest BCUT2D eigenvalue weighted by atomic mass is 16.4. The highest BCUT2D eigenvalue weighted by molar-refractivity contribution is 5.71. The molecule has 1 heterocycles. The molecule has 2 aromatic rings. The van der Waals surface area contributed by atoms with Crippen LogP contribution in [-0.4, -0.2) is 29.1 Å². The van der Waals surface area contributed by atoms with Crippen LogP contribution in [0, 0.1) is 5.92 Å². The molecule has 1 aliphatic rings. The highest BCUT2D eigenvalue weighted by Crippen LogP contribution is 2.19. The summed E-state index contributed by atoms with van der Waals surface area (Å²) in [4.78, 5) is 12.9. The lowest BCUT2D eigenvalue weighted by Crippen LogP contribution is -2.49. The fraction of sp³-hybridized carbons (Fsp3) is 0.350. The molecule has 1 saturated heterocycles. The van der Waals surface area contributed by atoms with E-state index in [9.17, 15) is 4.79 Å². The molecule has 2 aromatic carbocycles. The largest absolute Gasteiger partial charge is 0.481 e. The van der Waals surface area contributed by atoms with Gasteiger partial charge in [0.15, 0.2) is 0 Å². The van der Waals surface area contributed by atoms with Crippen molar-refractivity contribution in [1.29, 1.82) is 0 Å². The number of nitrogens with zero attached hydrogens (tertiary/aromatic N) is 1. The molecule has 0 aliphatic carbocycles. The Labute approximate surface area is 138 Å². The van der Waals surface area contributed by atoms with E-state index < -0.39 is 5.97 Å². The van der Waals surface area contributed by atoms with Gasteiger partial charge in [0.2, 0.25) is 0 Å². The van der Waals surface area contributed by atoms with Crippen molar-refractivity contribution in [3.63, 3.8) is 0 Å². The zero-order chi connectivity index (χ0) is 16.7. The summed E-state index contributed by atoms with van der Waals surface area (Å²) < 4.78 is 0. The van der Waals surface area contributed by atoms with Gasteiger partial charge in [0.1, 0.15) is 0 Å². The number of likely N-dealkylation sites (tertiary alicyclic amines) is 1. The number of carbonyl (C=O) groups is 1. The van der Waals surface area contributed by atoms with E-state index in [-0.39, 0.29) is 5.92 Å². The van der Waals surface area contributed by atoms with Crippen molar-refractivity contribution in [2.75, 3.05) is 13.1 Å². The minimum absolute atomic E-state index is 0.178. The molecule has 23 heavy (non-hydrogen) atoms. The fourth-order valence-corrected chi connectivity index (χ4v) is 2.71. The molecule has 0 unspecified atom stereocenters. The number of rotatable bonds is 5. The van der Waals surface area contributed by atoms with Gasteiger partial charge in [-0.1, -0.05) is 68.4 Å². The summed E-state index contributed by atoms with van der Waals surface area (Å²) in [6, 6.07) is 19.1. The molecule has 0 amide bonds. The first kappa shape index (κ1) is 17.2. The van der Waals surface area contributed by atoms with Crippen LogP contribution in [0.25, 0.3) is 0 Å². The molecule has 0 spiro atoms. The maximum absolute atomic E-state index is 10.8. The Morgan fingerprint density at radius 3 is 2.04 bits per heavy atom. The monoisotopic (exact) mass is 311 g/mol. The summed E-state index contributed by atoms with van der Waals surface area (Å²) in [5, 5.41) is 8.87. The highest BCUT2D eigenvalue weighted by Gasteiger charge is 2.31. The van der Waals surface area contributed by atoms with Crippen LogP contribution in [0.15, 0.2) is 54.6 Å². The molecule has 122 valence electrons. The summed E-state index contributed by atoms with van der Waals surface area (Å²) in [7, 11) is 0. The van der Waals surface area contributed by atoms with Gasteiger partial charge >= 0.3 is 5.97 Å². The average molecular weight is 311 g/mol. The number of carboxylic acids is 1. The number of benzene rings is 2. The molecular weight excluding hydrogens is 286 g/mol. The second-order valence-corrected chi connectivity index (χ2v) is 5.71. The van der Waals surface area contributed by atoms with Crippen LogP contribution in [0.2, 0.25) is 0 Å². The topological polar surface area (TPSA) is 40.5 Å². The Bertz CT molecular complexity index is 601. The molecule has 1 N–H and O–H groups in total. The van der Waals surface area contributed by atoms with E-state index in [2.05, 4.69) is 53.4 Å². The van der Waals surface area contributed by atoms with Gasteiger partial charge in [-0.2, -0.15) is 0 Å². The van der Waals surface area contributed by atoms with Crippen molar-refractivity contribution in [1.82, 2.24) is 4.90 Å². The summed E-state index contributed by atoms with van der Waals surface area (Å²) in [5.74, 6) is -0.855. The van der Waals surface area contributed by atoms with Gasteiger partial charge in [-0.25, -0.2) is 0 Å². The van der Waals surface area contributed by atoms with Crippen LogP contribution in [-0.2, 0) is 17.8 Å². The third-order valence-corrected chi connectivity index (χ3v) is 3.99. The van der Waals surface area contributed by atoms with Crippen molar-refractivity contribution in [3.8, 4) is 0 Å². The van der Waals surface area contributed by atoms with Crippen molar-refractivity contribution in [2.24, 2.45) is 5.92 Å². The average Bonchev–Trinajstić information content (AvgIpc) is 2.54. The van der Waals surface area contributed by atoms with Crippen molar-refractivity contribution in [3.05, 3.63) is 71.3 Å². The van der Waals surface area contributed by atoms with Crippen molar-refractivity contribution in [2.45, 2.75) is 26.8 Å². The maximum Gasteiger partial charge on any atom is 0.309 e. The normalized spacial score (nSPS) is 14.5. The first-order chi connectivity index (χ1) is 11.2. The van der Waals surface area contributed by atoms with Crippen LogP contribution < -0.4 is 0 Å². The van der Waals surface area contributed by atoms with E-state index in [1.54, 1.807) is 0 Å². The minimum Gasteiger partial charge on any atom is -0.481 e. The second kappa shape index (κ2) is 8.49. The number of hydrogen-bond acceptors (Lipinski definition) is 2. The molecule has 3 heteroatoms. The fourth-order valence-electron chi connectivity index (χ4n) is 2.71. The van der Waals surface area contributed by atoms with E-state index in [0.29, 0.717) is 13.1 Å². The lowest BCUT2D eigenvalue weighted by atomic mass is 9.99. The summed E-state index contributed by atoms with van der Waals surface area (Å²) in [6.45, 7) is 6.18. The molecule has 0 atom stereocenters. The third-order valence-electron chi connectivity index (χ3n) is 3.99. The molecule has 1 aliphatic heterocycles. The van der Waals surface area contributed by atoms with Crippen LogP contribution in [0.3, 0.4) is 0 Å². The summed E-state index contributed by atoms with van der Waals surface area (Å²) in [5.41, 5.74) is 3.87. The van der Waals surface area contributed by atoms with E-state index >= 15 is 0 Å². The second-order valence-electron chi connectivity index (χ2n) is 5.71. The Morgan fingerprint density at radius 2 is 1.48 bits per heavy atom. The van der Waals surface area contributed by atoms with E-state index in [1.807, 2.05) is 19.9 Å². The van der Waals surface area contributed by atoms with Gasteiger partial charge in [-0.05, 0) is 23.1 Å².